The molecule has 1 aromatic heterocycles. The molecule has 1 N–H and O–H groups in total. The van der Waals surface area contributed by atoms with Gasteiger partial charge in [0.25, 0.3) is 0 Å². The summed E-state index contributed by atoms with van der Waals surface area (Å²) in [4.78, 5) is 14.3. The van der Waals surface area contributed by atoms with Gasteiger partial charge in [-0.25, -0.2) is 27.5 Å². The summed E-state index contributed by atoms with van der Waals surface area (Å²) in [5.41, 5.74) is 3.75. The Morgan fingerprint density at radius 2 is 1.63 bits per heavy atom. The van der Waals surface area contributed by atoms with Crippen molar-refractivity contribution in [3.8, 4) is 0 Å². The average molecular weight is 580 g/mol. The Bertz CT molecular complexity index is 1440. The molecule has 41 heavy (non-hydrogen) atoms. The van der Waals surface area contributed by atoms with Crippen molar-refractivity contribution in [1.29, 1.82) is 0 Å². The summed E-state index contributed by atoms with van der Waals surface area (Å²) < 4.78 is 39.9. The van der Waals surface area contributed by atoms with E-state index in [4.69, 9.17) is 4.98 Å². The first-order valence-electron chi connectivity index (χ1n) is 15.3. The minimum absolute atomic E-state index is 0.116. The highest BCUT2D eigenvalue weighted by Gasteiger charge is 2.46. The van der Waals surface area contributed by atoms with Crippen molar-refractivity contribution in [2.45, 2.75) is 64.3 Å². The summed E-state index contributed by atoms with van der Waals surface area (Å²) >= 11 is 0. The van der Waals surface area contributed by atoms with E-state index in [2.05, 4.69) is 37.7 Å². The smallest absolute Gasteiger partial charge is 0.211 e. The van der Waals surface area contributed by atoms with Crippen molar-refractivity contribution < 1.29 is 12.8 Å². The number of likely N-dealkylation sites (tertiary alicyclic amines) is 1. The number of fused-ring (bicyclic) bond motifs is 1. The third-order valence-corrected chi connectivity index (χ3v) is 11.1. The molecule has 1 saturated carbocycles. The van der Waals surface area contributed by atoms with E-state index in [1.54, 1.807) is 13.3 Å². The van der Waals surface area contributed by atoms with Crippen molar-refractivity contribution in [2.75, 3.05) is 43.4 Å². The Kier molecular flexibility index (Phi) is 8.30. The SMILES string of the molecule is CCS(=O)(=O)NC1CCC(CN2CCC3(CC2)CN(c2ncnc4ccc(CCc5ccc(F)cc5)cc24)C3)CC1. The highest BCUT2D eigenvalue weighted by molar-refractivity contribution is 7.89. The van der Waals surface area contributed by atoms with Gasteiger partial charge in [-0.1, -0.05) is 18.2 Å². The molecule has 2 aliphatic heterocycles. The van der Waals surface area contributed by atoms with Crippen LogP contribution in [0.2, 0.25) is 0 Å². The van der Waals surface area contributed by atoms with Crippen LogP contribution in [0, 0.1) is 17.2 Å². The number of nitrogens with zero attached hydrogens (tertiary/aromatic N) is 4. The standard InChI is InChI=1S/C32H42FN5O2S/c1-2-41(39,40)36-28-12-7-26(8-13-28)20-37-17-15-32(16-18-37)21-38(22-32)31-29-19-25(9-14-30(29)34-23-35-31)4-3-24-5-10-27(33)11-6-24/h5-6,9-11,14,19,23,26,28,36H,2-4,7-8,12-13,15-18,20-22H2,1H3. The molecule has 2 aromatic carbocycles. The molecule has 6 rings (SSSR count). The van der Waals surface area contributed by atoms with E-state index in [1.807, 2.05) is 12.1 Å². The van der Waals surface area contributed by atoms with E-state index in [0.29, 0.717) is 11.3 Å². The molecule has 1 spiro atoms. The number of halogens is 1. The first kappa shape index (κ1) is 28.5. The second-order valence-corrected chi connectivity index (χ2v) is 14.6. The topological polar surface area (TPSA) is 78.4 Å². The first-order chi connectivity index (χ1) is 19.8. The number of sulfonamides is 1. The highest BCUT2D eigenvalue weighted by atomic mass is 32.2. The average Bonchev–Trinajstić information content (AvgIpc) is 2.97. The van der Waals surface area contributed by atoms with Crippen LogP contribution in [-0.2, 0) is 22.9 Å². The number of benzene rings is 2. The normalized spacial score (nSPS) is 23.1. The highest BCUT2D eigenvalue weighted by Crippen LogP contribution is 2.44. The van der Waals surface area contributed by atoms with Crippen LogP contribution in [0.1, 0.15) is 56.6 Å². The maximum absolute atomic E-state index is 13.3. The minimum atomic E-state index is -3.11. The second-order valence-electron chi connectivity index (χ2n) is 12.6. The van der Waals surface area contributed by atoms with Crippen molar-refractivity contribution in [2.24, 2.45) is 11.3 Å². The molecule has 7 nitrogen and oxygen atoms in total. The van der Waals surface area contributed by atoms with E-state index < -0.39 is 10.0 Å². The minimum Gasteiger partial charge on any atom is -0.355 e. The number of aromatic nitrogens is 2. The van der Waals surface area contributed by atoms with E-state index in [9.17, 15) is 12.8 Å². The van der Waals surface area contributed by atoms with Crippen LogP contribution < -0.4 is 9.62 Å². The lowest BCUT2D eigenvalue weighted by Crippen LogP contribution is -2.61. The molecule has 0 unspecified atom stereocenters. The number of hydrogen-bond acceptors (Lipinski definition) is 6. The Balaban J connectivity index is 1.00. The van der Waals surface area contributed by atoms with Gasteiger partial charge in [-0.2, -0.15) is 0 Å². The van der Waals surface area contributed by atoms with Gasteiger partial charge in [0.05, 0.1) is 11.3 Å². The zero-order valence-corrected chi connectivity index (χ0v) is 24.9. The maximum Gasteiger partial charge on any atom is 0.211 e. The lowest BCUT2D eigenvalue weighted by atomic mass is 9.71. The quantitative estimate of drug-likeness (QED) is 0.386. The second kappa shape index (κ2) is 11.9. The van der Waals surface area contributed by atoms with Gasteiger partial charge in [-0.15, -0.1) is 0 Å². The molecule has 2 saturated heterocycles. The molecule has 3 aromatic rings. The summed E-state index contributed by atoms with van der Waals surface area (Å²) in [5.74, 6) is 1.68. The molecule has 3 fully saturated rings. The molecular weight excluding hydrogens is 537 g/mol. The molecule has 3 heterocycles. The molecule has 220 valence electrons. The third-order valence-electron chi connectivity index (χ3n) is 9.65. The molecule has 0 radical (unpaired) electrons. The third kappa shape index (κ3) is 6.73. The monoisotopic (exact) mass is 579 g/mol. The molecule has 0 bridgehead atoms. The Morgan fingerprint density at radius 1 is 0.951 bits per heavy atom. The summed E-state index contributed by atoms with van der Waals surface area (Å²) in [6.45, 7) is 7.24. The summed E-state index contributed by atoms with van der Waals surface area (Å²) in [7, 11) is -3.11. The molecule has 0 atom stereocenters. The number of aryl methyl sites for hydroxylation is 2. The van der Waals surface area contributed by atoms with Crippen LogP contribution in [0.3, 0.4) is 0 Å². The van der Waals surface area contributed by atoms with Gasteiger partial charge in [-0.05, 0) is 113 Å². The molecule has 0 amide bonds. The van der Waals surface area contributed by atoms with Crippen LogP contribution in [0.15, 0.2) is 48.8 Å². The van der Waals surface area contributed by atoms with E-state index in [0.717, 1.165) is 93.5 Å². The van der Waals surface area contributed by atoms with Gasteiger partial charge in [0.15, 0.2) is 0 Å². The molecular formula is C32H42FN5O2S. The number of rotatable bonds is 9. The summed E-state index contributed by atoms with van der Waals surface area (Å²) in [6, 6.07) is 13.4. The van der Waals surface area contributed by atoms with Gasteiger partial charge < -0.3 is 9.80 Å². The molecule has 3 aliphatic rings. The number of hydrogen-bond donors (Lipinski definition) is 1. The van der Waals surface area contributed by atoms with Crippen molar-refractivity contribution in [1.82, 2.24) is 19.6 Å². The fourth-order valence-electron chi connectivity index (χ4n) is 7.04. The summed E-state index contributed by atoms with van der Waals surface area (Å²) in [5, 5.41) is 1.12. The Labute approximate surface area is 243 Å². The Hall–Kier alpha value is -2.62. The van der Waals surface area contributed by atoms with Crippen LogP contribution in [-0.4, -0.2) is 67.8 Å². The van der Waals surface area contributed by atoms with Crippen LogP contribution in [0.4, 0.5) is 10.2 Å². The van der Waals surface area contributed by atoms with Gasteiger partial charge in [0.2, 0.25) is 10.0 Å². The van der Waals surface area contributed by atoms with E-state index >= 15 is 0 Å². The number of anilines is 1. The van der Waals surface area contributed by atoms with Crippen molar-refractivity contribution in [3.63, 3.8) is 0 Å². The number of nitrogens with one attached hydrogen (secondary N) is 1. The number of piperidine rings is 1. The fourth-order valence-corrected chi connectivity index (χ4v) is 7.95. The lowest BCUT2D eigenvalue weighted by molar-refractivity contribution is 0.0621. The van der Waals surface area contributed by atoms with Gasteiger partial charge >= 0.3 is 0 Å². The first-order valence-corrected chi connectivity index (χ1v) is 16.9. The van der Waals surface area contributed by atoms with Crippen LogP contribution in [0.5, 0.6) is 0 Å². The van der Waals surface area contributed by atoms with E-state index in [-0.39, 0.29) is 17.6 Å². The fraction of sp³-hybridized carbons (Fsp3) is 0.562. The van der Waals surface area contributed by atoms with E-state index in [1.165, 1.54) is 30.5 Å². The van der Waals surface area contributed by atoms with Crippen molar-refractivity contribution >= 4 is 26.7 Å². The Morgan fingerprint density at radius 3 is 2.34 bits per heavy atom. The van der Waals surface area contributed by atoms with Gasteiger partial charge in [0.1, 0.15) is 18.0 Å². The predicted molar refractivity (Wildman–Crippen MR) is 162 cm³/mol. The zero-order chi connectivity index (χ0) is 28.5. The predicted octanol–water partition coefficient (Wildman–Crippen LogP) is 4.95. The van der Waals surface area contributed by atoms with Crippen molar-refractivity contribution in [3.05, 3.63) is 65.7 Å². The molecule has 1 aliphatic carbocycles. The zero-order valence-electron chi connectivity index (χ0n) is 24.1. The lowest BCUT2D eigenvalue weighted by Gasteiger charge is -2.55. The van der Waals surface area contributed by atoms with Gasteiger partial charge in [-0.3, -0.25) is 0 Å². The largest absolute Gasteiger partial charge is 0.355 e. The molecule has 9 heteroatoms. The van der Waals surface area contributed by atoms with Crippen LogP contribution >= 0.6 is 0 Å². The van der Waals surface area contributed by atoms with Crippen LogP contribution in [0.25, 0.3) is 10.9 Å². The maximum atomic E-state index is 13.3. The van der Waals surface area contributed by atoms with Gasteiger partial charge in [0, 0.05) is 36.5 Å². The summed E-state index contributed by atoms with van der Waals surface area (Å²) in [6.07, 6.45) is 10.0.